The summed E-state index contributed by atoms with van der Waals surface area (Å²) in [4.78, 5) is 26.2. The number of phenols is 1. The maximum atomic E-state index is 12.9. The van der Waals surface area contributed by atoms with Crippen molar-refractivity contribution in [2.75, 3.05) is 13.1 Å². The number of nitrogens with one attached hydrogen (secondary N) is 1. The van der Waals surface area contributed by atoms with E-state index in [1.807, 2.05) is 0 Å². The lowest BCUT2D eigenvalue weighted by atomic mass is 10.1. The third kappa shape index (κ3) is 4.20. The Hall–Kier alpha value is -2.89. The third-order valence-electron chi connectivity index (χ3n) is 4.60. The van der Waals surface area contributed by atoms with Gasteiger partial charge in [-0.25, -0.2) is 4.39 Å². The number of halogens is 1. The van der Waals surface area contributed by atoms with Crippen molar-refractivity contribution in [3.05, 3.63) is 65.0 Å². The first kappa shape index (κ1) is 17.9. The minimum absolute atomic E-state index is 0.0100. The van der Waals surface area contributed by atoms with E-state index in [1.54, 1.807) is 36.1 Å². The highest BCUT2D eigenvalue weighted by Gasteiger charge is 2.30. The predicted molar refractivity (Wildman–Crippen MR) is 95.4 cm³/mol. The van der Waals surface area contributed by atoms with Crippen LogP contribution in [0, 0.1) is 12.7 Å². The molecular weight excluding hydrogens is 335 g/mol. The Morgan fingerprint density at radius 3 is 2.69 bits per heavy atom. The molecule has 2 aromatic rings. The van der Waals surface area contributed by atoms with Crippen LogP contribution in [0.3, 0.4) is 0 Å². The summed E-state index contributed by atoms with van der Waals surface area (Å²) in [6, 6.07) is 10.7. The molecule has 1 unspecified atom stereocenters. The van der Waals surface area contributed by atoms with Crippen molar-refractivity contribution in [3.63, 3.8) is 0 Å². The molecule has 1 saturated heterocycles. The van der Waals surface area contributed by atoms with Crippen LogP contribution in [-0.2, 0) is 11.2 Å². The van der Waals surface area contributed by atoms with Gasteiger partial charge in [0.2, 0.25) is 5.91 Å². The second kappa shape index (κ2) is 7.56. The van der Waals surface area contributed by atoms with Gasteiger partial charge >= 0.3 is 0 Å². The van der Waals surface area contributed by atoms with Crippen LogP contribution in [0.1, 0.15) is 27.9 Å². The summed E-state index contributed by atoms with van der Waals surface area (Å²) in [5, 5.41) is 12.6. The fourth-order valence-corrected chi connectivity index (χ4v) is 3.02. The first-order chi connectivity index (χ1) is 12.4. The van der Waals surface area contributed by atoms with Crippen LogP contribution in [-0.4, -0.2) is 41.0 Å². The molecule has 3 rings (SSSR count). The molecule has 1 atom stereocenters. The van der Waals surface area contributed by atoms with Gasteiger partial charge in [-0.2, -0.15) is 0 Å². The topological polar surface area (TPSA) is 69.6 Å². The number of aromatic hydroxyl groups is 1. The highest BCUT2D eigenvalue weighted by molar-refractivity contribution is 5.95. The van der Waals surface area contributed by atoms with Crippen molar-refractivity contribution in [1.82, 2.24) is 10.2 Å². The highest BCUT2D eigenvalue weighted by atomic mass is 19.1. The molecule has 0 aliphatic carbocycles. The average molecular weight is 356 g/mol. The fourth-order valence-electron chi connectivity index (χ4n) is 3.02. The van der Waals surface area contributed by atoms with Crippen molar-refractivity contribution >= 4 is 11.8 Å². The number of rotatable bonds is 5. The van der Waals surface area contributed by atoms with Crippen LogP contribution in [0.5, 0.6) is 5.75 Å². The number of hydrogen-bond acceptors (Lipinski definition) is 3. The first-order valence-corrected chi connectivity index (χ1v) is 8.55. The number of hydrogen-bond donors (Lipinski definition) is 2. The largest absolute Gasteiger partial charge is 0.508 e. The van der Waals surface area contributed by atoms with Gasteiger partial charge in [-0.15, -0.1) is 0 Å². The van der Waals surface area contributed by atoms with Crippen LogP contribution in [0.15, 0.2) is 42.5 Å². The van der Waals surface area contributed by atoms with Crippen LogP contribution < -0.4 is 5.32 Å². The number of likely N-dealkylation sites (tertiary alicyclic amines) is 1. The van der Waals surface area contributed by atoms with Gasteiger partial charge in [0, 0.05) is 25.1 Å². The average Bonchev–Trinajstić information content (AvgIpc) is 2.96. The van der Waals surface area contributed by atoms with Crippen LogP contribution in [0.2, 0.25) is 0 Å². The van der Waals surface area contributed by atoms with Crippen molar-refractivity contribution in [1.29, 1.82) is 0 Å². The monoisotopic (exact) mass is 356 g/mol. The lowest BCUT2D eigenvalue weighted by molar-refractivity contribution is -0.127. The van der Waals surface area contributed by atoms with E-state index in [0.29, 0.717) is 30.6 Å². The zero-order chi connectivity index (χ0) is 18.7. The summed E-state index contributed by atoms with van der Waals surface area (Å²) in [5.41, 5.74) is 2.02. The second-order valence-corrected chi connectivity index (χ2v) is 6.59. The van der Waals surface area contributed by atoms with Crippen molar-refractivity contribution in [3.8, 4) is 5.75 Å². The van der Waals surface area contributed by atoms with E-state index in [-0.39, 0.29) is 35.8 Å². The molecule has 1 aliphatic rings. The summed E-state index contributed by atoms with van der Waals surface area (Å²) in [6.07, 6.45) is 0.894. The maximum Gasteiger partial charge on any atom is 0.251 e. The molecular formula is C20H21FN2O3. The van der Waals surface area contributed by atoms with Crippen molar-refractivity contribution in [2.24, 2.45) is 0 Å². The predicted octanol–water partition coefficient (Wildman–Crippen LogP) is 2.41. The lowest BCUT2D eigenvalue weighted by Crippen LogP contribution is -2.37. The normalized spacial score (nSPS) is 16.8. The standard InChI is InChI=1S/C20H21FN2O3/c1-13-2-5-15(10-18(13)24)20(26)22-17-11-19(25)23(12-17)9-8-14-3-6-16(21)7-4-14/h2-7,10,17,24H,8-9,11-12H2,1H3,(H,22,26). The molecule has 2 amide bonds. The van der Waals surface area contributed by atoms with E-state index in [1.165, 1.54) is 18.2 Å². The Labute approximate surface area is 151 Å². The Balaban J connectivity index is 1.54. The minimum atomic E-state index is -0.307. The SMILES string of the molecule is Cc1ccc(C(=O)NC2CC(=O)N(CCc3ccc(F)cc3)C2)cc1O. The van der Waals surface area contributed by atoms with Gasteiger partial charge in [0.05, 0.1) is 6.04 Å². The molecule has 0 radical (unpaired) electrons. The van der Waals surface area contributed by atoms with Gasteiger partial charge in [0.1, 0.15) is 11.6 Å². The minimum Gasteiger partial charge on any atom is -0.508 e. The number of nitrogens with zero attached hydrogens (tertiary/aromatic N) is 1. The Morgan fingerprint density at radius 1 is 1.27 bits per heavy atom. The molecule has 26 heavy (non-hydrogen) atoms. The number of benzene rings is 2. The summed E-state index contributed by atoms with van der Waals surface area (Å²) in [7, 11) is 0. The molecule has 0 saturated carbocycles. The zero-order valence-electron chi connectivity index (χ0n) is 14.5. The van der Waals surface area contributed by atoms with E-state index < -0.39 is 0 Å². The molecule has 5 nitrogen and oxygen atoms in total. The summed E-state index contributed by atoms with van der Waals surface area (Å²) >= 11 is 0. The van der Waals surface area contributed by atoms with Crippen molar-refractivity contribution < 1.29 is 19.1 Å². The molecule has 6 heteroatoms. The van der Waals surface area contributed by atoms with E-state index >= 15 is 0 Å². The molecule has 1 aliphatic heterocycles. The van der Waals surface area contributed by atoms with Gasteiger partial charge in [0.15, 0.2) is 0 Å². The molecule has 2 N–H and O–H groups in total. The van der Waals surface area contributed by atoms with Gasteiger partial charge in [0.25, 0.3) is 5.91 Å². The van der Waals surface area contributed by atoms with Crippen LogP contribution in [0.25, 0.3) is 0 Å². The summed E-state index contributed by atoms with van der Waals surface area (Å²) in [6.45, 7) is 2.73. The van der Waals surface area contributed by atoms with Crippen LogP contribution >= 0.6 is 0 Å². The van der Waals surface area contributed by atoms with Gasteiger partial charge in [-0.1, -0.05) is 18.2 Å². The van der Waals surface area contributed by atoms with Gasteiger partial charge in [-0.05, 0) is 48.7 Å². The second-order valence-electron chi connectivity index (χ2n) is 6.59. The van der Waals surface area contributed by atoms with E-state index in [2.05, 4.69) is 5.32 Å². The van der Waals surface area contributed by atoms with E-state index in [0.717, 1.165) is 5.56 Å². The smallest absolute Gasteiger partial charge is 0.251 e. The molecule has 1 heterocycles. The molecule has 0 spiro atoms. The molecule has 0 bridgehead atoms. The number of carbonyl (C=O) groups excluding carboxylic acids is 2. The summed E-state index contributed by atoms with van der Waals surface area (Å²) in [5.74, 6) is -0.528. The zero-order valence-corrected chi connectivity index (χ0v) is 14.5. The number of amides is 2. The van der Waals surface area contributed by atoms with Gasteiger partial charge < -0.3 is 15.3 Å². The fraction of sp³-hybridized carbons (Fsp3) is 0.300. The maximum absolute atomic E-state index is 12.9. The third-order valence-corrected chi connectivity index (χ3v) is 4.60. The number of aryl methyl sites for hydroxylation is 1. The number of carbonyl (C=O) groups is 2. The number of phenolic OH excluding ortho intramolecular Hbond substituents is 1. The molecule has 0 aromatic heterocycles. The first-order valence-electron chi connectivity index (χ1n) is 8.55. The quantitative estimate of drug-likeness (QED) is 0.864. The Morgan fingerprint density at radius 2 is 2.00 bits per heavy atom. The molecule has 1 fully saturated rings. The summed E-state index contributed by atoms with van der Waals surface area (Å²) < 4.78 is 12.9. The molecule has 136 valence electrons. The van der Waals surface area contributed by atoms with E-state index in [4.69, 9.17) is 0 Å². The Bertz CT molecular complexity index is 820. The Kier molecular flexibility index (Phi) is 5.21. The lowest BCUT2D eigenvalue weighted by Gasteiger charge is -2.17. The molecule has 2 aromatic carbocycles. The van der Waals surface area contributed by atoms with Crippen molar-refractivity contribution in [2.45, 2.75) is 25.8 Å². The van der Waals surface area contributed by atoms with E-state index in [9.17, 15) is 19.1 Å². The highest BCUT2D eigenvalue weighted by Crippen LogP contribution is 2.18. The van der Waals surface area contributed by atoms with Crippen LogP contribution in [0.4, 0.5) is 4.39 Å². The van der Waals surface area contributed by atoms with Gasteiger partial charge in [-0.3, -0.25) is 9.59 Å².